The number of quaternary nitrogens is 2. The average Bonchev–Trinajstić information content (AvgIpc) is 2.65. The molecule has 0 fully saturated rings. The molecule has 0 heterocycles. The van der Waals surface area contributed by atoms with Crippen LogP contribution in [0.15, 0.2) is 12.3 Å². The zero-order chi connectivity index (χ0) is 25.0. The third-order valence-electron chi connectivity index (χ3n) is 5.62. The summed E-state index contributed by atoms with van der Waals surface area (Å²) in [4.78, 5) is 9.42. The summed E-state index contributed by atoms with van der Waals surface area (Å²) in [5, 5.41) is 9.42. The normalized spacial score (nSPS) is 11.0. The molecule has 0 aromatic rings. The molecule has 0 spiro atoms. The summed E-state index contributed by atoms with van der Waals surface area (Å²) >= 11 is 0. The predicted molar refractivity (Wildman–Crippen MR) is 116 cm³/mol. The number of ether oxygens (including phenoxy) is 1. The highest BCUT2D eigenvalue weighted by molar-refractivity contribution is 6.50. The number of carboxylic acid groups (broad SMARTS) is 1. The Labute approximate surface area is 182 Å². The molecule has 0 atom stereocenters. The SMILES string of the molecule is C=C(C)OC(=O)[O-].CC[N+](CC)(CC)CC.CC[N+](CC)(CC)CC.F[B-](F)(F)F. The van der Waals surface area contributed by atoms with Crippen LogP contribution in [0.5, 0.6) is 0 Å². The van der Waals surface area contributed by atoms with Gasteiger partial charge in [-0.25, -0.2) is 0 Å². The van der Waals surface area contributed by atoms with E-state index in [0.717, 1.165) is 0 Å². The molecule has 0 N–H and O–H groups in total. The topological polar surface area (TPSA) is 49.4 Å². The Morgan fingerprint density at radius 1 is 0.733 bits per heavy atom. The van der Waals surface area contributed by atoms with Gasteiger partial charge in [0.05, 0.1) is 52.4 Å². The molecule has 0 rings (SSSR count). The molecule has 0 saturated heterocycles. The summed E-state index contributed by atoms with van der Waals surface area (Å²) in [5.41, 5.74) is 0. The first kappa shape index (κ1) is 36.1. The first-order valence-electron chi connectivity index (χ1n) is 10.7. The van der Waals surface area contributed by atoms with Gasteiger partial charge in [0.25, 0.3) is 6.16 Å². The number of rotatable bonds is 9. The third kappa shape index (κ3) is 24.8. The van der Waals surface area contributed by atoms with Crippen molar-refractivity contribution in [3.63, 3.8) is 0 Å². The van der Waals surface area contributed by atoms with Crippen LogP contribution in [0.4, 0.5) is 22.1 Å². The quantitative estimate of drug-likeness (QED) is 0.165. The molecule has 0 unspecified atom stereocenters. The fourth-order valence-corrected chi connectivity index (χ4v) is 2.83. The lowest BCUT2D eigenvalue weighted by atomic mass is 10.3. The Morgan fingerprint density at radius 3 is 0.900 bits per heavy atom. The summed E-state index contributed by atoms with van der Waals surface area (Å²) < 4.78 is 45.4. The van der Waals surface area contributed by atoms with Crippen LogP contribution in [-0.4, -0.2) is 74.7 Å². The van der Waals surface area contributed by atoms with E-state index in [1.165, 1.54) is 68.2 Å². The number of allylic oxidation sites excluding steroid dienone is 1. The van der Waals surface area contributed by atoms with Crippen LogP contribution in [0.2, 0.25) is 0 Å². The van der Waals surface area contributed by atoms with Crippen LogP contribution in [0.3, 0.4) is 0 Å². The lowest BCUT2D eigenvalue weighted by Crippen LogP contribution is -2.47. The maximum Gasteiger partial charge on any atom is 0.673 e. The van der Waals surface area contributed by atoms with Gasteiger partial charge in [0.1, 0.15) is 0 Å². The van der Waals surface area contributed by atoms with Crippen LogP contribution in [-0.2, 0) is 4.74 Å². The summed E-state index contributed by atoms with van der Waals surface area (Å²) in [6.45, 7) is 33.0. The molecule has 0 aromatic carbocycles. The number of hydrogen-bond donors (Lipinski definition) is 0. The number of hydrogen-bond acceptors (Lipinski definition) is 3. The van der Waals surface area contributed by atoms with Crippen molar-refractivity contribution in [1.29, 1.82) is 0 Å². The fourth-order valence-electron chi connectivity index (χ4n) is 2.83. The van der Waals surface area contributed by atoms with Gasteiger partial charge in [-0.2, -0.15) is 0 Å². The first-order valence-corrected chi connectivity index (χ1v) is 10.7. The molecule has 30 heavy (non-hydrogen) atoms. The molecule has 184 valence electrons. The Balaban J connectivity index is -0.000000154. The molecule has 0 aliphatic heterocycles. The molecule has 0 aliphatic rings. The molecule has 0 bridgehead atoms. The van der Waals surface area contributed by atoms with Gasteiger partial charge in [-0.1, -0.05) is 6.58 Å². The van der Waals surface area contributed by atoms with Crippen molar-refractivity contribution in [2.24, 2.45) is 0 Å². The van der Waals surface area contributed by atoms with E-state index in [1.807, 2.05) is 0 Å². The van der Waals surface area contributed by atoms with Crippen molar-refractivity contribution < 1.29 is 40.9 Å². The number of carbonyl (C=O) groups excluding carboxylic acids is 1. The van der Waals surface area contributed by atoms with Gasteiger partial charge in [0, 0.05) is 5.76 Å². The molecular formula is C20H45BF4N2O3. The van der Waals surface area contributed by atoms with Gasteiger partial charge in [-0.05, 0) is 62.3 Å². The van der Waals surface area contributed by atoms with Gasteiger partial charge in [-0.15, -0.1) is 0 Å². The first-order chi connectivity index (χ1) is 13.6. The standard InChI is InChI=1S/2C8H20N.C4H6O3.BF4/c2*1-5-9(6-2,7-3)8-4;1-3(2)7-4(5)6;2-1(3,4)5/h2*5-8H2,1-4H3;1H2,2H3,(H,5,6);/q2*+1;;-1/p-1. The highest BCUT2D eigenvalue weighted by Crippen LogP contribution is 2.06. The predicted octanol–water partition coefficient (Wildman–Crippen LogP) is 4.95. The smallest absolute Gasteiger partial charge is 0.519 e. The van der Waals surface area contributed by atoms with Gasteiger partial charge >= 0.3 is 7.25 Å². The largest absolute Gasteiger partial charge is 0.673 e. The molecule has 0 amide bonds. The van der Waals surface area contributed by atoms with Crippen molar-refractivity contribution in [2.75, 3.05) is 52.4 Å². The number of carbonyl (C=O) groups is 1. The minimum absolute atomic E-state index is 0.125. The zero-order valence-corrected chi connectivity index (χ0v) is 20.6. The van der Waals surface area contributed by atoms with Gasteiger partial charge < -0.3 is 40.9 Å². The van der Waals surface area contributed by atoms with Gasteiger partial charge in [0.2, 0.25) is 0 Å². The van der Waals surface area contributed by atoms with E-state index >= 15 is 0 Å². The van der Waals surface area contributed by atoms with E-state index in [1.54, 1.807) is 0 Å². The second-order valence-corrected chi connectivity index (χ2v) is 6.76. The number of nitrogens with zero attached hydrogens (tertiary/aromatic N) is 2. The van der Waals surface area contributed by atoms with E-state index in [0.29, 0.717) is 0 Å². The zero-order valence-electron chi connectivity index (χ0n) is 20.6. The van der Waals surface area contributed by atoms with Crippen molar-refractivity contribution in [3.05, 3.63) is 12.3 Å². The molecule has 10 heteroatoms. The van der Waals surface area contributed by atoms with E-state index in [9.17, 15) is 27.2 Å². The highest BCUT2D eigenvalue weighted by atomic mass is 19.5. The number of halogens is 4. The van der Waals surface area contributed by atoms with E-state index in [4.69, 9.17) is 0 Å². The second kappa shape index (κ2) is 19.7. The van der Waals surface area contributed by atoms with Gasteiger partial charge in [-0.3, -0.25) is 0 Å². The molecule has 5 nitrogen and oxygen atoms in total. The lowest BCUT2D eigenvalue weighted by molar-refractivity contribution is -0.921. The van der Waals surface area contributed by atoms with Crippen LogP contribution in [0.25, 0.3) is 0 Å². The third-order valence-corrected chi connectivity index (χ3v) is 5.62. The fraction of sp³-hybridized carbons (Fsp3) is 0.850. The Hall–Kier alpha value is -1.29. The highest BCUT2D eigenvalue weighted by Gasteiger charge is 2.20. The van der Waals surface area contributed by atoms with Crippen molar-refractivity contribution >= 4 is 13.4 Å². The summed E-state index contributed by atoms with van der Waals surface area (Å²) in [6, 6.07) is 0. The van der Waals surface area contributed by atoms with Gasteiger partial charge in [0.15, 0.2) is 0 Å². The van der Waals surface area contributed by atoms with E-state index < -0.39 is 13.4 Å². The van der Waals surface area contributed by atoms with Crippen LogP contribution in [0.1, 0.15) is 62.3 Å². The Bertz CT molecular complexity index is 356. The van der Waals surface area contributed by atoms with Crippen LogP contribution in [0, 0.1) is 0 Å². The summed E-state index contributed by atoms with van der Waals surface area (Å²) in [7, 11) is -6.00. The second-order valence-electron chi connectivity index (χ2n) is 6.76. The molecule has 0 aliphatic carbocycles. The summed E-state index contributed by atoms with van der Waals surface area (Å²) in [5.74, 6) is 0.125. The molecule has 0 aromatic heterocycles. The molecule has 0 saturated carbocycles. The lowest BCUT2D eigenvalue weighted by Gasteiger charge is -2.34. The minimum Gasteiger partial charge on any atom is -0.519 e. The van der Waals surface area contributed by atoms with Crippen molar-refractivity contribution in [1.82, 2.24) is 0 Å². The van der Waals surface area contributed by atoms with Crippen molar-refractivity contribution in [3.8, 4) is 0 Å². The van der Waals surface area contributed by atoms with Crippen molar-refractivity contribution in [2.45, 2.75) is 62.3 Å². The Kier molecular flexibility index (Phi) is 23.7. The summed E-state index contributed by atoms with van der Waals surface area (Å²) in [6.07, 6.45) is -1.56. The molecular weight excluding hydrogens is 403 g/mol. The van der Waals surface area contributed by atoms with E-state index in [-0.39, 0.29) is 5.76 Å². The average molecular weight is 448 g/mol. The Morgan fingerprint density at radius 2 is 0.900 bits per heavy atom. The van der Waals surface area contributed by atoms with Crippen LogP contribution < -0.4 is 5.11 Å². The van der Waals surface area contributed by atoms with E-state index in [2.05, 4.69) is 66.7 Å². The minimum atomic E-state index is -6.00. The maximum absolute atomic E-state index is 9.75. The molecule has 0 radical (unpaired) electrons. The maximum atomic E-state index is 9.75. The monoisotopic (exact) mass is 448 g/mol. The van der Waals surface area contributed by atoms with Crippen LogP contribution >= 0.6 is 0 Å².